The molecule has 1 unspecified atom stereocenters. The van der Waals surface area contributed by atoms with Crippen molar-refractivity contribution in [2.75, 3.05) is 20.7 Å². The topological polar surface area (TPSA) is 64.4 Å². The highest BCUT2D eigenvalue weighted by molar-refractivity contribution is 7.18. The van der Waals surface area contributed by atoms with E-state index in [1.54, 1.807) is 6.92 Å². The minimum absolute atomic E-state index is 0.167. The van der Waals surface area contributed by atoms with E-state index in [1.165, 1.54) is 15.9 Å². The average molecular weight is 351 g/mol. The number of thiophene rings is 1. The fourth-order valence-electron chi connectivity index (χ4n) is 2.57. The van der Waals surface area contributed by atoms with Crippen LogP contribution in [-0.4, -0.2) is 41.1 Å². The Labute approximate surface area is 146 Å². The first kappa shape index (κ1) is 18.6. The van der Waals surface area contributed by atoms with Gasteiger partial charge in [0.15, 0.2) is 0 Å². The second kappa shape index (κ2) is 7.44. The van der Waals surface area contributed by atoms with Crippen LogP contribution in [0.25, 0.3) is 10.2 Å². The monoisotopic (exact) mass is 351 g/mol. The van der Waals surface area contributed by atoms with E-state index >= 15 is 0 Å². The largest absolute Gasteiger partial charge is 0.464 e. The second-order valence-corrected chi connectivity index (χ2v) is 7.45. The van der Waals surface area contributed by atoms with Crippen molar-refractivity contribution in [1.29, 1.82) is 0 Å². The van der Waals surface area contributed by atoms with Crippen molar-refractivity contribution in [2.24, 2.45) is 0 Å². The summed E-state index contributed by atoms with van der Waals surface area (Å²) in [5.41, 5.74) is 0.770. The molecule has 0 radical (unpaired) electrons. The second-order valence-electron chi connectivity index (χ2n) is 6.25. The van der Waals surface area contributed by atoms with Gasteiger partial charge >= 0.3 is 5.97 Å². The SMILES string of the molecule is CCCOC(=O)C(C)n1c(CN(C)C)nc2sc(C)c(C)c2c1=O. The van der Waals surface area contributed by atoms with Gasteiger partial charge in [-0.15, -0.1) is 11.3 Å². The number of hydrogen-bond donors (Lipinski definition) is 0. The van der Waals surface area contributed by atoms with E-state index in [4.69, 9.17) is 4.74 Å². The van der Waals surface area contributed by atoms with Crippen LogP contribution in [0.5, 0.6) is 0 Å². The molecule has 0 amide bonds. The van der Waals surface area contributed by atoms with Crippen LogP contribution in [0.2, 0.25) is 0 Å². The molecule has 2 heterocycles. The standard InChI is InChI=1S/C17H25N3O3S/c1-7-8-23-17(22)11(3)20-13(9-19(5)6)18-15-14(16(20)21)10(2)12(4)24-15/h11H,7-9H2,1-6H3. The number of rotatable bonds is 6. The van der Waals surface area contributed by atoms with Gasteiger partial charge in [-0.05, 0) is 46.9 Å². The predicted molar refractivity (Wildman–Crippen MR) is 96.7 cm³/mol. The molecule has 132 valence electrons. The first-order valence-electron chi connectivity index (χ1n) is 8.10. The summed E-state index contributed by atoms with van der Waals surface area (Å²) in [7, 11) is 3.82. The van der Waals surface area contributed by atoms with Gasteiger partial charge in [-0.2, -0.15) is 0 Å². The molecule has 0 fully saturated rings. The summed E-state index contributed by atoms with van der Waals surface area (Å²) >= 11 is 1.52. The number of fused-ring (bicyclic) bond motifs is 1. The Bertz CT molecular complexity index is 807. The molecule has 2 rings (SSSR count). The highest BCUT2D eigenvalue weighted by Crippen LogP contribution is 2.27. The number of ether oxygens (including phenoxy) is 1. The zero-order valence-corrected chi connectivity index (χ0v) is 16.0. The van der Waals surface area contributed by atoms with Crippen LogP contribution in [0.4, 0.5) is 0 Å². The van der Waals surface area contributed by atoms with Crippen molar-refractivity contribution in [3.63, 3.8) is 0 Å². The van der Waals surface area contributed by atoms with Crippen LogP contribution in [0.1, 0.15) is 42.6 Å². The van der Waals surface area contributed by atoms with E-state index in [-0.39, 0.29) is 5.56 Å². The lowest BCUT2D eigenvalue weighted by Gasteiger charge is -2.20. The van der Waals surface area contributed by atoms with E-state index in [2.05, 4.69) is 4.98 Å². The lowest BCUT2D eigenvalue weighted by molar-refractivity contribution is -0.147. The number of hydrogen-bond acceptors (Lipinski definition) is 6. The Kier molecular flexibility index (Phi) is 5.77. The summed E-state index contributed by atoms with van der Waals surface area (Å²) in [4.78, 5) is 33.8. The highest BCUT2D eigenvalue weighted by atomic mass is 32.1. The molecule has 0 spiro atoms. The Balaban J connectivity index is 2.64. The number of nitrogens with zero attached hydrogens (tertiary/aromatic N) is 3. The minimum Gasteiger partial charge on any atom is -0.464 e. The van der Waals surface area contributed by atoms with Crippen molar-refractivity contribution in [1.82, 2.24) is 14.5 Å². The summed E-state index contributed by atoms with van der Waals surface area (Å²) in [5.74, 6) is 0.185. The fraction of sp³-hybridized carbons (Fsp3) is 0.588. The molecule has 0 aliphatic heterocycles. The van der Waals surface area contributed by atoms with Gasteiger partial charge in [-0.1, -0.05) is 6.92 Å². The third-order valence-electron chi connectivity index (χ3n) is 3.94. The molecule has 0 aliphatic carbocycles. The quantitative estimate of drug-likeness (QED) is 0.749. The predicted octanol–water partition coefficient (Wildman–Crippen LogP) is 2.65. The Morgan fingerprint density at radius 1 is 1.38 bits per heavy atom. The molecule has 0 aromatic carbocycles. The van der Waals surface area contributed by atoms with Crippen LogP contribution >= 0.6 is 11.3 Å². The Hall–Kier alpha value is -1.73. The smallest absolute Gasteiger partial charge is 0.329 e. The molecule has 0 aliphatic rings. The number of carbonyl (C=O) groups excluding carboxylic acids is 1. The van der Waals surface area contributed by atoms with E-state index in [0.717, 1.165) is 21.7 Å². The third-order valence-corrected chi connectivity index (χ3v) is 5.04. The van der Waals surface area contributed by atoms with Crippen molar-refractivity contribution >= 4 is 27.5 Å². The maximum absolute atomic E-state index is 13.1. The third kappa shape index (κ3) is 3.52. The van der Waals surface area contributed by atoms with Gasteiger partial charge in [0.2, 0.25) is 0 Å². The molecule has 7 heteroatoms. The maximum atomic E-state index is 13.1. The zero-order valence-electron chi connectivity index (χ0n) is 15.2. The Morgan fingerprint density at radius 3 is 2.62 bits per heavy atom. The molecule has 2 aromatic heterocycles. The van der Waals surface area contributed by atoms with Crippen molar-refractivity contribution in [2.45, 2.75) is 46.7 Å². The summed E-state index contributed by atoms with van der Waals surface area (Å²) < 4.78 is 6.72. The van der Waals surface area contributed by atoms with Gasteiger partial charge in [0.25, 0.3) is 5.56 Å². The van der Waals surface area contributed by atoms with E-state index < -0.39 is 12.0 Å². The summed E-state index contributed by atoms with van der Waals surface area (Å²) in [6.45, 7) is 8.37. The molecule has 0 saturated heterocycles. The normalized spacial score (nSPS) is 12.8. The van der Waals surface area contributed by atoms with Crippen LogP contribution in [0.3, 0.4) is 0 Å². The van der Waals surface area contributed by atoms with Gasteiger partial charge in [-0.25, -0.2) is 9.78 Å². The lowest BCUT2D eigenvalue weighted by Crippen LogP contribution is -2.34. The zero-order chi connectivity index (χ0) is 18.0. The van der Waals surface area contributed by atoms with Crippen LogP contribution in [0.15, 0.2) is 4.79 Å². The number of aromatic nitrogens is 2. The highest BCUT2D eigenvalue weighted by Gasteiger charge is 2.24. The molecule has 0 N–H and O–H groups in total. The van der Waals surface area contributed by atoms with Gasteiger partial charge in [-0.3, -0.25) is 9.36 Å². The first-order chi connectivity index (χ1) is 11.3. The van der Waals surface area contributed by atoms with Crippen LogP contribution < -0.4 is 5.56 Å². The van der Waals surface area contributed by atoms with Crippen LogP contribution in [0, 0.1) is 13.8 Å². The van der Waals surface area contributed by atoms with Gasteiger partial charge in [0.1, 0.15) is 16.7 Å². The maximum Gasteiger partial charge on any atom is 0.329 e. The lowest BCUT2D eigenvalue weighted by atomic mass is 10.2. The summed E-state index contributed by atoms with van der Waals surface area (Å²) in [6.07, 6.45) is 0.748. The molecule has 6 nitrogen and oxygen atoms in total. The molecule has 1 atom stereocenters. The van der Waals surface area contributed by atoms with Gasteiger partial charge < -0.3 is 9.64 Å². The van der Waals surface area contributed by atoms with E-state index in [9.17, 15) is 9.59 Å². The number of aryl methyl sites for hydroxylation is 2. The van der Waals surface area contributed by atoms with E-state index in [0.29, 0.717) is 24.4 Å². The minimum atomic E-state index is -0.699. The van der Waals surface area contributed by atoms with Crippen molar-refractivity contribution in [3.05, 3.63) is 26.6 Å². The van der Waals surface area contributed by atoms with Crippen molar-refractivity contribution < 1.29 is 9.53 Å². The number of carbonyl (C=O) groups is 1. The molecule has 2 aromatic rings. The summed E-state index contributed by atoms with van der Waals surface area (Å²) in [5, 5.41) is 0.607. The Morgan fingerprint density at radius 2 is 2.04 bits per heavy atom. The fourth-order valence-corrected chi connectivity index (χ4v) is 3.61. The summed E-state index contributed by atoms with van der Waals surface area (Å²) in [6, 6.07) is -0.699. The van der Waals surface area contributed by atoms with Gasteiger partial charge in [0, 0.05) is 4.88 Å². The molecule has 0 saturated carbocycles. The van der Waals surface area contributed by atoms with Crippen molar-refractivity contribution in [3.8, 4) is 0 Å². The molecule has 0 bridgehead atoms. The van der Waals surface area contributed by atoms with E-state index in [1.807, 2.05) is 39.8 Å². The van der Waals surface area contributed by atoms with Crippen LogP contribution in [-0.2, 0) is 16.1 Å². The molecular formula is C17H25N3O3S. The average Bonchev–Trinajstić information content (AvgIpc) is 2.78. The molecular weight excluding hydrogens is 326 g/mol. The van der Waals surface area contributed by atoms with Gasteiger partial charge in [0.05, 0.1) is 18.5 Å². The molecule has 24 heavy (non-hydrogen) atoms. The number of esters is 1. The first-order valence-corrected chi connectivity index (χ1v) is 8.92.